The molecule has 1 aromatic heterocycles. The Morgan fingerprint density at radius 3 is 3.00 bits per heavy atom. The van der Waals surface area contributed by atoms with Crippen molar-refractivity contribution >= 4 is 33.0 Å². The van der Waals surface area contributed by atoms with Crippen LogP contribution in [-0.2, 0) is 6.42 Å². The first-order chi connectivity index (χ1) is 8.74. The highest BCUT2D eigenvalue weighted by Crippen LogP contribution is 2.39. The Bertz CT molecular complexity index is 561. The molecule has 94 valence electrons. The van der Waals surface area contributed by atoms with Gasteiger partial charge in [0.15, 0.2) is 0 Å². The zero-order chi connectivity index (χ0) is 12.5. The Morgan fingerprint density at radius 1 is 1.33 bits per heavy atom. The maximum atomic E-state index is 3.70. The van der Waals surface area contributed by atoms with Gasteiger partial charge in [-0.05, 0) is 65.4 Å². The Labute approximate surface area is 120 Å². The number of nitrogens with one attached hydrogen (secondary N) is 1. The van der Waals surface area contributed by atoms with Gasteiger partial charge in [-0.1, -0.05) is 18.2 Å². The van der Waals surface area contributed by atoms with Gasteiger partial charge in [-0.25, -0.2) is 0 Å². The van der Waals surface area contributed by atoms with Crippen molar-refractivity contribution in [2.45, 2.75) is 32.2 Å². The summed E-state index contributed by atoms with van der Waals surface area (Å²) in [5.74, 6) is 0. The molecule has 0 radical (unpaired) electrons. The van der Waals surface area contributed by atoms with Crippen LogP contribution >= 0.6 is 27.3 Å². The van der Waals surface area contributed by atoms with Crippen LogP contribution in [-0.4, -0.2) is 0 Å². The van der Waals surface area contributed by atoms with Gasteiger partial charge in [0.25, 0.3) is 0 Å². The predicted molar refractivity (Wildman–Crippen MR) is 82.5 cm³/mol. The summed E-state index contributed by atoms with van der Waals surface area (Å²) in [7, 11) is 0. The summed E-state index contributed by atoms with van der Waals surface area (Å²) < 4.78 is 1.26. The number of para-hydroxylation sites is 1. The van der Waals surface area contributed by atoms with Crippen LogP contribution in [0.1, 0.15) is 34.9 Å². The molecular weight excluding hydrogens is 306 g/mol. The summed E-state index contributed by atoms with van der Waals surface area (Å²) in [4.78, 5) is 1.54. The first-order valence-electron chi connectivity index (χ1n) is 6.34. The molecule has 2 aromatic rings. The van der Waals surface area contributed by atoms with E-state index in [1.807, 2.05) is 11.3 Å². The third-order valence-corrected chi connectivity index (χ3v) is 5.27. The molecule has 0 fully saturated rings. The average molecular weight is 322 g/mol. The molecule has 0 saturated heterocycles. The van der Waals surface area contributed by atoms with Gasteiger partial charge in [0.1, 0.15) is 0 Å². The molecular formula is C15H16BrNS. The lowest BCUT2D eigenvalue weighted by Crippen LogP contribution is -2.16. The second-order valence-electron chi connectivity index (χ2n) is 4.83. The SMILES string of the molecule is Cc1ccccc1NC1CCCc2sc(Br)cc21. The minimum atomic E-state index is 0.470. The van der Waals surface area contributed by atoms with Gasteiger partial charge in [-0.2, -0.15) is 0 Å². The zero-order valence-electron chi connectivity index (χ0n) is 10.4. The van der Waals surface area contributed by atoms with E-state index in [4.69, 9.17) is 0 Å². The van der Waals surface area contributed by atoms with Gasteiger partial charge < -0.3 is 5.32 Å². The molecule has 1 atom stereocenters. The Morgan fingerprint density at radius 2 is 2.17 bits per heavy atom. The van der Waals surface area contributed by atoms with Crippen LogP contribution < -0.4 is 5.32 Å². The lowest BCUT2D eigenvalue weighted by Gasteiger charge is -2.25. The molecule has 1 heterocycles. The summed E-state index contributed by atoms with van der Waals surface area (Å²) in [6.45, 7) is 2.16. The second kappa shape index (κ2) is 5.06. The lowest BCUT2D eigenvalue weighted by atomic mass is 9.93. The van der Waals surface area contributed by atoms with E-state index in [9.17, 15) is 0 Å². The molecule has 0 saturated carbocycles. The van der Waals surface area contributed by atoms with Crippen LogP contribution in [0.5, 0.6) is 0 Å². The van der Waals surface area contributed by atoms with Crippen LogP contribution in [0.3, 0.4) is 0 Å². The number of rotatable bonds is 2. The molecule has 1 N–H and O–H groups in total. The quantitative estimate of drug-likeness (QED) is 0.790. The number of fused-ring (bicyclic) bond motifs is 1. The molecule has 0 bridgehead atoms. The van der Waals surface area contributed by atoms with Crippen LogP contribution in [0.4, 0.5) is 5.69 Å². The number of hydrogen-bond acceptors (Lipinski definition) is 2. The van der Waals surface area contributed by atoms with Gasteiger partial charge in [-0.3, -0.25) is 0 Å². The fourth-order valence-electron chi connectivity index (χ4n) is 2.59. The Balaban J connectivity index is 1.88. The van der Waals surface area contributed by atoms with E-state index in [0.717, 1.165) is 0 Å². The van der Waals surface area contributed by atoms with Gasteiger partial charge in [0.05, 0.1) is 9.83 Å². The average Bonchev–Trinajstić information content (AvgIpc) is 2.73. The molecule has 0 aliphatic heterocycles. The van der Waals surface area contributed by atoms with Crippen molar-refractivity contribution in [3.8, 4) is 0 Å². The lowest BCUT2D eigenvalue weighted by molar-refractivity contribution is 0.608. The normalized spacial score (nSPS) is 18.4. The van der Waals surface area contributed by atoms with Crippen LogP contribution in [0, 0.1) is 6.92 Å². The number of aryl methyl sites for hydroxylation is 2. The third-order valence-electron chi connectivity index (χ3n) is 3.56. The van der Waals surface area contributed by atoms with E-state index >= 15 is 0 Å². The number of benzene rings is 1. The van der Waals surface area contributed by atoms with Crippen molar-refractivity contribution in [1.82, 2.24) is 0 Å². The fraction of sp³-hybridized carbons (Fsp3) is 0.333. The van der Waals surface area contributed by atoms with Crippen molar-refractivity contribution in [1.29, 1.82) is 0 Å². The molecule has 0 spiro atoms. The summed E-state index contributed by atoms with van der Waals surface area (Å²) in [6.07, 6.45) is 3.74. The highest BCUT2D eigenvalue weighted by molar-refractivity contribution is 9.11. The van der Waals surface area contributed by atoms with Crippen molar-refractivity contribution < 1.29 is 0 Å². The van der Waals surface area contributed by atoms with Gasteiger partial charge in [0.2, 0.25) is 0 Å². The maximum absolute atomic E-state index is 3.70. The number of thiophene rings is 1. The maximum Gasteiger partial charge on any atom is 0.0705 e. The van der Waals surface area contributed by atoms with Gasteiger partial charge >= 0.3 is 0 Å². The van der Waals surface area contributed by atoms with E-state index in [1.165, 1.54) is 39.9 Å². The highest BCUT2D eigenvalue weighted by Gasteiger charge is 2.22. The summed E-state index contributed by atoms with van der Waals surface area (Å²) in [6, 6.07) is 11.3. The molecule has 1 unspecified atom stereocenters. The predicted octanol–water partition coefficient (Wildman–Crippen LogP) is 5.31. The van der Waals surface area contributed by atoms with Gasteiger partial charge in [0, 0.05) is 10.6 Å². The minimum Gasteiger partial charge on any atom is -0.378 e. The molecule has 3 rings (SSSR count). The van der Waals surface area contributed by atoms with Crippen molar-refractivity contribution in [3.05, 3.63) is 50.1 Å². The summed E-state index contributed by atoms with van der Waals surface area (Å²) in [5, 5.41) is 3.70. The zero-order valence-corrected chi connectivity index (χ0v) is 12.8. The van der Waals surface area contributed by atoms with Crippen molar-refractivity contribution in [2.24, 2.45) is 0 Å². The van der Waals surface area contributed by atoms with Crippen LogP contribution in [0.2, 0.25) is 0 Å². The van der Waals surface area contributed by atoms with Gasteiger partial charge in [-0.15, -0.1) is 11.3 Å². The van der Waals surface area contributed by atoms with E-state index < -0.39 is 0 Å². The number of anilines is 1. The number of hydrogen-bond donors (Lipinski definition) is 1. The summed E-state index contributed by atoms with van der Waals surface area (Å²) >= 11 is 5.50. The van der Waals surface area contributed by atoms with E-state index in [-0.39, 0.29) is 0 Å². The van der Waals surface area contributed by atoms with E-state index in [2.05, 4.69) is 58.5 Å². The molecule has 1 aromatic carbocycles. The molecule has 1 aliphatic rings. The standard InChI is InChI=1S/C15H16BrNS/c1-10-5-2-3-6-12(10)17-13-7-4-8-14-11(13)9-15(16)18-14/h2-3,5-6,9,13,17H,4,7-8H2,1H3. The Hall–Kier alpha value is -0.800. The highest BCUT2D eigenvalue weighted by atomic mass is 79.9. The van der Waals surface area contributed by atoms with E-state index in [1.54, 1.807) is 4.88 Å². The molecule has 0 amide bonds. The first-order valence-corrected chi connectivity index (χ1v) is 7.95. The second-order valence-corrected chi connectivity index (χ2v) is 7.35. The van der Waals surface area contributed by atoms with Crippen molar-refractivity contribution in [2.75, 3.05) is 5.32 Å². The third kappa shape index (κ3) is 2.34. The molecule has 3 heteroatoms. The van der Waals surface area contributed by atoms with Crippen LogP contribution in [0.25, 0.3) is 0 Å². The number of halogens is 1. The fourth-order valence-corrected chi connectivity index (χ4v) is 4.41. The summed E-state index contributed by atoms with van der Waals surface area (Å²) in [5.41, 5.74) is 4.07. The minimum absolute atomic E-state index is 0.470. The molecule has 1 nitrogen and oxygen atoms in total. The Kier molecular flexibility index (Phi) is 3.44. The van der Waals surface area contributed by atoms with Crippen LogP contribution in [0.15, 0.2) is 34.1 Å². The smallest absolute Gasteiger partial charge is 0.0705 e. The topological polar surface area (TPSA) is 12.0 Å². The monoisotopic (exact) mass is 321 g/mol. The largest absolute Gasteiger partial charge is 0.378 e. The van der Waals surface area contributed by atoms with E-state index in [0.29, 0.717) is 6.04 Å². The first kappa shape index (κ1) is 12.2. The molecule has 18 heavy (non-hydrogen) atoms. The van der Waals surface area contributed by atoms with Crippen molar-refractivity contribution in [3.63, 3.8) is 0 Å². The molecule has 1 aliphatic carbocycles.